The summed E-state index contributed by atoms with van der Waals surface area (Å²) in [6.45, 7) is 9.47. The van der Waals surface area contributed by atoms with Gasteiger partial charge in [0.1, 0.15) is 0 Å². The monoisotopic (exact) mass is 247 g/mol. The van der Waals surface area contributed by atoms with Crippen molar-refractivity contribution in [1.29, 1.82) is 0 Å². The molecule has 18 heavy (non-hydrogen) atoms. The largest absolute Gasteiger partial charge is 0.377 e. The Morgan fingerprint density at radius 1 is 1.44 bits per heavy atom. The Balaban J connectivity index is 2.10. The maximum absolute atomic E-state index is 6.03. The molecule has 1 atom stereocenters. The van der Waals surface area contributed by atoms with E-state index in [2.05, 4.69) is 55.3 Å². The lowest BCUT2D eigenvalue weighted by molar-refractivity contribution is 0.262. The Hall–Kier alpha value is -1.06. The second-order valence-electron chi connectivity index (χ2n) is 5.79. The van der Waals surface area contributed by atoms with Crippen LogP contribution in [-0.2, 0) is 0 Å². The predicted molar refractivity (Wildman–Crippen MR) is 77.9 cm³/mol. The minimum atomic E-state index is 0.0397. The zero-order chi connectivity index (χ0) is 13.2. The molecule has 2 rings (SSSR count). The summed E-state index contributed by atoms with van der Waals surface area (Å²) in [5, 5.41) is 3.66. The summed E-state index contributed by atoms with van der Waals surface area (Å²) in [4.78, 5) is 2.50. The number of rotatable bonds is 4. The molecule has 0 amide bonds. The molecule has 0 aliphatic carbocycles. The molecule has 1 aromatic rings. The van der Waals surface area contributed by atoms with E-state index < -0.39 is 0 Å². The topological polar surface area (TPSA) is 41.3 Å². The van der Waals surface area contributed by atoms with Crippen LogP contribution in [0.25, 0.3) is 0 Å². The van der Waals surface area contributed by atoms with Crippen molar-refractivity contribution in [2.45, 2.75) is 38.8 Å². The SMILES string of the molecule is Cc1cccc(NC2(CN)CCN(C(C)C)C2)c1. The Bertz CT molecular complexity index is 402. The highest BCUT2D eigenvalue weighted by atomic mass is 15.2. The molecule has 3 heteroatoms. The number of hydrogen-bond donors (Lipinski definition) is 2. The van der Waals surface area contributed by atoms with Crippen LogP contribution in [-0.4, -0.2) is 36.1 Å². The number of nitrogens with two attached hydrogens (primary N) is 1. The van der Waals surface area contributed by atoms with Crippen molar-refractivity contribution < 1.29 is 0 Å². The van der Waals surface area contributed by atoms with Crippen molar-refractivity contribution in [3.63, 3.8) is 0 Å². The fraction of sp³-hybridized carbons (Fsp3) is 0.600. The summed E-state index contributed by atoms with van der Waals surface area (Å²) in [5.74, 6) is 0. The van der Waals surface area contributed by atoms with E-state index in [1.807, 2.05) is 0 Å². The quantitative estimate of drug-likeness (QED) is 0.857. The average molecular weight is 247 g/mol. The van der Waals surface area contributed by atoms with E-state index >= 15 is 0 Å². The molecule has 100 valence electrons. The molecule has 1 heterocycles. The maximum Gasteiger partial charge on any atom is 0.0634 e. The molecule has 3 nitrogen and oxygen atoms in total. The number of benzene rings is 1. The number of likely N-dealkylation sites (tertiary alicyclic amines) is 1. The van der Waals surface area contributed by atoms with Gasteiger partial charge in [-0.3, -0.25) is 4.90 Å². The van der Waals surface area contributed by atoms with E-state index in [1.165, 1.54) is 11.3 Å². The third-order valence-corrected chi connectivity index (χ3v) is 3.93. The Morgan fingerprint density at radius 3 is 2.78 bits per heavy atom. The molecule has 0 bridgehead atoms. The van der Waals surface area contributed by atoms with Gasteiger partial charge >= 0.3 is 0 Å². The molecule has 1 aliphatic heterocycles. The second kappa shape index (κ2) is 5.29. The van der Waals surface area contributed by atoms with Gasteiger partial charge in [0, 0.05) is 31.4 Å². The highest BCUT2D eigenvalue weighted by Gasteiger charge is 2.37. The minimum absolute atomic E-state index is 0.0397. The number of nitrogens with one attached hydrogen (secondary N) is 1. The third-order valence-electron chi connectivity index (χ3n) is 3.93. The maximum atomic E-state index is 6.03. The summed E-state index contributed by atoms with van der Waals surface area (Å²) in [7, 11) is 0. The van der Waals surface area contributed by atoms with Gasteiger partial charge in [-0.2, -0.15) is 0 Å². The highest BCUT2D eigenvalue weighted by Crippen LogP contribution is 2.27. The number of anilines is 1. The number of hydrogen-bond acceptors (Lipinski definition) is 3. The van der Waals surface area contributed by atoms with Crippen LogP contribution in [0.15, 0.2) is 24.3 Å². The highest BCUT2D eigenvalue weighted by molar-refractivity contribution is 5.48. The summed E-state index contributed by atoms with van der Waals surface area (Å²) >= 11 is 0. The minimum Gasteiger partial charge on any atom is -0.377 e. The van der Waals surface area contributed by atoms with Crippen molar-refractivity contribution in [2.24, 2.45) is 5.73 Å². The van der Waals surface area contributed by atoms with Crippen LogP contribution in [0, 0.1) is 6.92 Å². The first-order valence-electron chi connectivity index (χ1n) is 6.84. The molecule has 1 unspecified atom stereocenters. The number of nitrogens with zero attached hydrogens (tertiary/aromatic N) is 1. The Morgan fingerprint density at radius 2 is 2.22 bits per heavy atom. The second-order valence-corrected chi connectivity index (χ2v) is 5.79. The Labute approximate surface area is 110 Å². The fourth-order valence-electron chi connectivity index (χ4n) is 2.69. The standard InChI is InChI=1S/C15H25N3/c1-12(2)18-8-7-15(10-16,11-18)17-14-6-4-5-13(3)9-14/h4-6,9,12,17H,7-8,10-11,16H2,1-3H3. The van der Waals surface area contributed by atoms with Gasteiger partial charge < -0.3 is 11.1 Å². The smallest absolute Gasteiger partial charge is 0.0634 e. The summed E-state index contributed by atoms with van der Waals surface area (Å²) in [6.07, 6.45) is 1.12. The van der Waals surface area contributed by atoms with Gasteiger partial charge in [-0.15, -0.1) is 0 Å². The van der Waals surface area contributed by atoms with Crippen molar-refractivity contribution in [2.75, 3.05) is 25.0 Å². The van der Waals surface area contributed by atoms with E-state index in [9.17, 15) is 0 Å². The van der Waals surface area contributed by atoms with Gasteiger partial charge in [-0.1, -0.05) is 12.1 Å². The van der Waals surface area contributed by atoms with Gasteiger partial charge in [0.05, 0.1) is 5.54 Å². The lowest BCUT2D eigenvalue weighted by Crippen LogP contribution is -2.48. The predicted octanol–water partition coefficient (Wildman–Crippen LogP) is 2.22. The summed E-state index contributed by atoms with van der Waals surface area (Å²) in [5.41, 5.74) is 8.54. The van der Waals surface area contributed by atoms with Crippen molar-refractivity contribution in [3.05, 3.63) is 29.8 Å². The van der Waals surface area contributed by atoms with Crippen LogP contribution < -0.4 is 11.1 Å². The van der Waals surface area contributed by atoms with Crippen molar-refractivity contribution in [1.82, 2.24) is 4.90 Å². The van der Waals surface area contributed by atoms with Crippen molar-refractivity contribution >= 4 is 5.69 Å². The molecule has 0 aromatic heterocycles. The lowest BCUT2D eigenvalue weighted by atomic mass is 9.98. The molecular weight excluding hydrogens is 222 g/mol. The molecule has 1 aliphatic rings. The van der Waals surface area contributed by atoms with E-state index in [0.29, 0.717) is 12.6 Å². The molecular formula is C15H25N3. The van der Waals surface area contributed by atoms with E-state index in [4.69, 9.17) is 5.73 Å². The van der Waals surface area contributed by atoms with E-state index in [0.717, 1.165) is 19.5 Å². The molecule has 3 N–H and O–H groups in total. The van der Waals surface area contributed by atoms with Crippen LogP contribution >= 0.6 is 0 Å². The average Bonchev–Trinajstić information content (AvgIpc) is 2.74. The Kier molecular flexibility index (Phi) is 3.93. The van der Waals surface area contributed by atoms with Gasteiger partial charge in [0.25, 0.3) is 0 Å². The first-order chi connectivity index (χ1) is 8.54. The fourth-order valence-corrected chi connectivity index (χ4v) is 2.69. The van der Waals surface area contributed by atoms with Crippen LogP contribution in [0.5, 0.6) is 0 Å². The van der Waals surface area contributed by atoms with Crippen LogP contribution in [0.3, 0.4) is 0 Å². The van der Waals surface area contributed by atoms with Crippen LogP contribution in [0.4, 0.5) is 5.69 Å². The lowest BCUT2D eigenvalue weighted by Gasteiger charge is -2.31. The van der Waals surface area contributed by atoms with Crippen LogP contribution in [0.2, 0.25) is 0 Å². The zero-order valence-electron chi connectivity index (χ0n) is 11.7. The van der Waals surface area contributed by atoms with Crippen LogP contribution in [0.1, 0.15) is 25.8 Å². The third kappa shape index (κ3) is 2.85. The molecule has 0 radical (unpaired) electrons. The van der Waals surface area contributed by atoms with Gasteiger partial charge in [0.2, 0.25) is 0 Å². The molecule has 1 saturated heterocycles. The molecule has 1 fully saturated rings. The first-order valence-corrected chi connectivity index (χ1v) is 6.84. The molecule has 1 aromatic carbocycles. The zero-order valence-corrected chi connectivity index (χ0v) is 11.7. The number of aryl methyl sites for hydroxylation is 1. The van der Waals surface area contributed by atoms with Crippen molar-refractivity contribution in [3.8, 4) is 0 Å². The van der Waals surface area contributed by atoms with Gasteiger partial charge in [-0.25, -0.2) is 0 Å². The first kappa shape index (κ1) is 13.4. The van der Waals surface area contributed by atoms with Gasteiger partial charge in [-0.05, 0) is 44.9 Å². The normalized spacial score (nSPS) is 24.7. The van der Waals surface area contributed by atoms with E-state index in [-0.39, 0.29) is 5.54 Å². The van der Waals surface area contributed by atoms with E-state index in [1.54, 1.807) is 0 Å². The summed E-state index contributed by atoms with van der Waals surface area (Å²) in [6, 6.07) is 9.13. The molecule has 0 saturated carbocycles. The van der Waals surface area contributed by atoms with Gasteiger partial charge in [0.15, 0.2) is 0 Å². The summed E-state index contributed by atoms with van der Waals surface area (Å²) < 4.78 is 0. The molecule has 0 spiro atoms.